The van der Waals surface area contributed by atoms with Gasteiger partial charge in [0.2, 0.25) is 0 Å². The van der Waals surface area contributed by atoms with Gasteiger partial charge >= 0.3 is 6.09 Å². The number of carbonyl (C=O) groups excluding carboxylic acids is 1. The second-order valence-electron chi connectivity index (χ2n) is 6.49. The molecule has 1 amide bonds. The minimum atomic E-state index is -0.370. The van der Waals surface area contributed by atoms with Crippen molar-refractivity contribution in [3.8, 4) is 5.75 Å². The molecule has 1 N–H and O–H groups in total. The molecule has 3 rings (SSSR count). The highest BCUT2D eigenvalue weighted by atomic mass is 16.6. The van der Waals surface area contributed by atoms with Gasteiger partial charge in [-0.25, -0.2) is 4.79 Å². The van der Waals surface area contributed by atoms with Crippen LogP contribution in [0.15, 0.2) is 54.6 Å². The molecular formula is C19H21NO3. The van der Waals surface area contributed by atoms with E-state index < -0.39 is 0 Å². The van der Waals surface area contributed by atoms with E-state index in [1.54, 1.807) is 0 Å². The number of benzene rings is 2. The number of amides is 1. The standard InChI is InChI=1S/C19H21NO3/c1-19(2)13-23-18(21)20-17(19)15-9-6-10-16(11-15)22-12-14-7-4-3-5-8-14/h3-11,17H,12-13H2,1-2H3,(H,20,21)/t17-/m0/s1. The molecule has 2 aromatic rings. The van der Waals surface area contributed by atoms with Crippen molar-refractivity contribution in [3.05, 3.63) is 65.7 Å². The summed E-state index contributed by atoms with van der Waals surface area (Å²) in [5.74, 6) is 0.794. The first kappa shape index (κ1) is 15.4. The van der Waals surface area contributed by atoms with Gasteiger partial charge in [0.1, 0.15) is 19.0 Å². The van der Waals surface area contributed by atoms with Crippen LogP contribution < -0.4 is 10.1 Å². The van der Waals surface area contributed by atoms with Crippen molar-refractivity contribution < 1.29 is 14.3 Å². The van der Waals surface area contributed by atoms with Gasteiger partial charge in [-0.05, 0) is 23.3 Å². The van der Waals surface area contributed by atoms with Gasteiger partial charge in [-0.15, -0.1) is 0 Å². The summed E-state index contributed by atoms with van der Waals surface area (Å²) in [5.41, 5.74) is 1.97. The zero-order valence-corrected chi connectivity index (χ0v) is 13.4. The summed E-state index contributed by atoms with van der Waals surface area (Å²) in [7, 11) is 0. The third-order valence-electron chi connectivity index (χ3n) is 4.06. The van der Waals surface area contributed by atoms with Gasteiger partial charge in [0.05, 0.1) is 6.04 Å². The molecule has 23 heavy (non-hydrogen) atoms. The lowest BCUT2D eigenvalue weighted by molar-refractivity contribution is 0.0386. The minimum absolute atomic E-state index is 0.0935. The zero-order valence-electron chi connectivity index (χ0n) is 13.4. The average Bonchev–Trinajstić information content (AvgIpc) is 2.56. The molecule has 120 valence electrons. The third-order valence-corrected chi connectivity index (χ3v) is 4.06. The van der Waals surface area contributed by atoms with Crippen LogP contribution in [-0.2, 0) is 11.3 Å². The van der Waals surface area contributed by atoms with Gasteiger partial charge in [-0.2, -0.15) is 0 Å². The zero-order chi connectivity index (χ0) is 16.3. The van der Waals surface area contributed by atoms with Gasteiger partial charge in [0.15, 0.2) is 0 Å². The second-order valence-corrected chi connectivity index (χ2v) is 6.49. The first-order chi connectivity index (χ1) is 11.0. The van der Waals surface area contributed by atoms with Crippen LogP contribution in [0.2, 0.25) is 0 Å². The highest BCUT2D eigenvalue weighted by molar-refractivity contribution is 5.69. The number of hydrogen-bond acceptors (Lipinski definition) is 3. The summed E-state index contributed by atoms with van der Waals surface area (Å²) >= 11 is 0. The molecular weight excluding hydrogens is 290 g/mol. The first-order valence-corrected chi connectivity index (χ1v) is 7.74. The molecule has 0 aliphatic carbocycles. The average molecular weight is 311 g/mol. The molecule has 0 spiro atoms. The predicted octanol–water partition coefficient (Wildman–Crippen LogP) is 4.07. The molecule has 1 heterocycles. The number of cyclic esters (lactones) is 1. The van der Waals surface area contributed by atoms with E-state index in [0.29, 0.717) is 13.2 Å². The maximum atomic E-state index is 11.6. The number of carbonyl (C=O) groups is 1. The molecule has 0 saturated carbocycles. The van der Waals surface area contributed by atoms with Crippen LogP contribution in [0.25, 0.3) is 0 Å². The van der Waals surface area contributed by atoms with Crippen molar-refractivity contribution in [2.45, 2.75) is 26.5 Å². The van der Waals surface area contributed by atoms with Gasteiger partial charge < -0.3 is 14.8 Å². The third kappa shape index (κ3) is 3.65. The van der Waals surface area contributed by atoms with Crippen LogP contribution in [-0.4, -0.2) is 12.7 Å². The Kier molecular flexibility index (Phi) is 4.24. The molecule has 0 aromatic heterocycles. The van der Waals surface area contributed by atoms with Gasteiger partial charge in [-0.3, -0.25) is 0 Å². The minimum Gasteiger partial charge on any atom is -0.489 e. The Hall–Kier alpha value is -2.49. The lowest BCUT2D eigenvalue weighted by Crippen LogP contribution is -2.46. The number of alkyl carbamates (subject to hydrolysis) is 1. The lowest BCUT2D eigenvalue weighted by Gasteiger charge is -2.38. The summed E-state index contributed by atoms with van der Waals surface area (Å²) < 4.78 is 11.0. The Balaban J connectivity index is 1.75. The fourth-order valence-corrected chi connectivity index (χ4v) is 2.75. The predicted molar refractivity (Wildman–Crippen MR) is 88.2 cm³/mol. The topological polar surface area (TPSA) is 47.6 Å². The highest BCUT2D eigenvalue weighted by Crippen LogP contribution is 2.37. The van der Waals surface area contributed by atoms with Crippen molar-refractivity contribution >= 4 is 6.09 Å². The molecule has 0 bridgehead atoms. The van der Waals surface area contributed by atoms with Crippen molar-refractivity contribution in [2.75, 3.05) is 6.61 Å². The Bertz CT molecular complexity index is 682. The summed E-state index contributed by atoms with van der Waals surface area (Å²) in [5, 5.41) is 2.91. The molecule has 4 nitrogen and oxygen atoms in total. The second kappa shape index (κ2) is 6.32. The molecule has 4 heteroatoms. The number of ether oxygens (including phenoxy) is 2. The van der Waals surface area contributed by atoms with Crippen molar-refractivity contribution in [1.29, 1.82) is 0 Å². The SMILES string of the molecule is CC1(C)COC(=O)N[C@H]1c1cccc(OCc2ccccc2)c1. The van der Waals surface area contributed by atoms with Crippen LogP contribution in [0.4, 0.5) is 4.79 Å². The van der Waals surface area contributed by atoms with E-state index in [1.807, 2.05) is 54.6 Å². The largest absolute Gasteiger partial charge is 0.489 e. The van der Waals surface area contributed by atoms with E-state index in [2.05, 4.69) is 19.2 Å². The van der Waals surface area contributed by atoms with E-state index in [4.69, 9.17) is 9.47 Å². The maximum absolute atomic E-state index is 11.6. The number of rotatable bonds is 4. The molecule has 1 aliphatic rings. The fourth-order valence-electron chi connectivity index (χ4n) is 2.75. The Morgan fingerprint density at radius 3 is 2.74 bits per heavy atom. The van der Waals surface area contributed by atoms with Crippen LogP contribution in [0.1, 0.15) is 31.0 Å². The monoisotopic (exact) mass is 311 g/mol. The van der Waals surface area contributed by atoms with E-state index in [1.165, 1.54) is 0 Å². The van der Waals surface area contributed by atoms with Crippen LogP contribution >= 0.6 is 0 Å². The van der Waals surface area contributed by atoms with Gasteiger partial charge in [-0.1, -0.05) is 56.3 Å². The molecule has 1 saturated heterocycles. The summed E-state index contributed by atoms with van der Waals surface area (Å²) in [6, 6.07) is 17.8. The quantitative estimate of drug-likeness (QED) is 0.926. The van der Waals surface area contributed by atoms with Crippen LogP contribution in [0.3, 0.4) is 0 Å². The van der Waals surface area contributed by atoms with E-state index >= 15 is 0 Å². The molecule has 0 unspecified atom stereocenters. The smallest absolute Gasteiger partial charge is 0.407 e. The van der Waals surface area contributed by atoms with E-state index in [-0.39, 0.29) is 17.6 Å². The Morgan fingerprint density at radius 2 is 1.96 bits per heavy atom. The maximum Gasteiger partial charge on any atom is 0.407 e. The Labute approximate surface area is 136 Å². The number of nitrogens with one attached hydrogen (secondary N) is 1. The summed E-state index contributed by atoms with van der Waals surface area (Å²) in [6.45, 7) is 5.08. The molecule has 2 aromatic carbocycles. The summed E-state index contributed by atoms with van der Waals surface area (Å²) in [6.07, 6.45) is -0.370. The van der Waals surface area contributed by atoms with Crippen molar-refractivity contribution in [1.82, 2.24) is 5.32 Å². The molecule has 0 radical (unpaired) electrons. The van der Waals surface area contributed by atoms with E-state index in [9.17, 15) is 4.79 Å². The Morgan fingerprint density at radius 1 is 1.17 bits per heavy atom. The van der Waals surface area contributed by atoms with Crippen molar-refractivity contribution in [2.24, 2.45) is 5.41 Å². The van der Waals surface area contributed by atoms with E-state index in [0.717, 1.165) is 16.9 Å². The molecule has 1 fully saturated rings. The van der Waals surface area contributed by atoms with Crippen molar-refractivity contribution in [3.63, 3.8) is 0 Å². The summed E-state index contributed by atoms with van der Waals surface area (Å²) in [4.78, 5) is 11.6. The van der Waals surface area contributed by atoms with Crippen LogP contribution in [0.5, 0.6) is 5.75 Å². The fraction of sp³-hybridized carbons (Fsp3) is 0.316. The highest BCUT2D eigenvalue weighted by Gasteiger charge is 2.37. The molecule has 1 atom stereocenters. The molecule has 1 aliphatic heterocycles. The number of hydrogen-bond donors (Lipinski definition) is 1. The van der Waals surface area contributed by atoms with Gasteiger partial charge in [0.25, 0.3) is 0 Å². The lowest BCUT2D eigenvalue weighted by atomic mass is 9.80. The normalized spacial score (nSPS) is 19.6. The van der Waals surface area contributed by atoms with Crippen LogP contribution in [0, 0.1) is 5.41 Å². The van der Waals surface area contributed by atoms with Gasteiger partial charge in [0, 0.05) is 5.41 Å². The first-order valence-electron chi connectivity index (χ1n) is 7.74.